The summed E-state index contributed by atoms with van der Waals surface area (Å²) in [7, 11) is 0. The maximum atomic E-state index is 13.8. The Morgan fingerprint density at radius 1 is 1.18 bits per heavy atom. The fraction of sp³-hybridized carbons (Fsp3) is 0.346. The van der Waals surface area contributed by atoms with E-state index in [9.17, 15) is 14.3 Å². The lowest BCUT2D eigenvalue weighted by Crippen LogP contribution is -2.34. The summed E-state index contributed by atoms with van der Waals surface area (Å²) in [5, 5.41) is 9.37. The van der Waals surface area contributed by atoms with Gasteiger partial charge in [-0.3, -0.25) is 4.79 Å². The fourth-order valence-corrected chi connectivity index (χ4v) is 4.50. The van der Waals surface area contributed by atoms with Crippen LogP contribution in [0.5, 0.6) is 0 Å². The molecule has 172 valence electrons. The highest BCUT2D eigenvalue weighted by atomic mass is 19.1. The number of aryl methyl sites for hydroxylation is 1. The predicted molar refractivity (Wildman–Crippen MR) is 126 cm³/mol. The molecule has 0 atom stereocenters. The second kappa shape index (κ2) is 10.1. The van der Waals surface area contributed by atoms with Crippen LogP contribution in [0, 0.1) is 12.7 Å². The smallest absolute Gasteiger partial charge is 0.254 e. The normalized spacial score (nSPS) is 12.7. The molecule has 0 saturated carbocycles. The molecule has 4 rings (SSSR count). The van der Waals surface area contributed by atoms with Crippen LogP contribution in [0.2, 0.25) is 0 Å². The van der Waals surface area contributed by atoms with Gasteiger partial charge in [0, 0.05) is 43.4 Å². The number of amides is 1. The molecule has 2 aromatic carbocycles. The standard InChI is InChI=1S/C26H29FN4O2/c1-3-8-30(10-11-32)26(33)23-5-4-6-24-22(23)7-9-31(24)25-16-21(28-17-29-25)15-19-12-18(2)13-20(27)14-19/h4-6,12-14,16-17,32H,3,7-11,15H2,1-2H3. The molecule has 0 bridgehead atoms. The van der Waals surface area contributed by atoms with Crippen LogP contribution in [0.25, 0.3) is 0 Å². The molecule has 1 amide bonds. The number of benzene rings is 2. The van der Waals surface area contributed by atoms with Crippen LogP contribution in [-0.4, -0.2) is 52.1 Å². The van der Waals surface area contributed by atoms with E-state index >= 15 is 0 Å². The molecule has 3 aromatic rings. The molecule has 7 heteroatoms. The number of hydrogen-bond donors (Lipinski definition) is 1. The van der Waals surface area contributed by atoms with Gasteiger partial charge in [-0.2, -0.15) is 0 Å². The Morgan fingerprint density at radius 2 is 2.03 bits per heavy atom. The number of halogens is 1. The second-order valence-electron chi connectivity index (χ2n) is 8.40. The van der Waals surface area contributed by atoms with E-state index in [1.54, 1.807) is 4.90 Å². The van der Waals surface area contributed by atoms with Gasteiger partial charge in [-0.25, -0.2) is 14.4 Å². The summed E-state index contributed by atoms with van der Waals surface area (Å²) in [5.41, 5.74) is 5.20. The molecule has 1 aliphatic heterocycles. The Bertz CT molecular complexity index is 1120. The molecule has 1 aliphatic rings. The van der Waals surface area contributed by atoms with Gasteiger partial charge >= 0.3 is 0 Å². The topological polar surface area (TPSA) is 69.6 Å². The molecule has 2 heterocycles. The third kappa shape index (κ3) is 5.03. The van der Waals surface area contributed by atoms with E-state index in [1.807, 2.05) is 44.2 Å². The van der Waals surface area contributed by atoms with Gasteiger partial charge in [0.15, 0.2) is 0 Å². The van der Waals surface area contributed by atoms with Crippen LogP contribution >= 0.6 is 0 Å². The average molecular weight is 449 g/mol. The molecule has 0 unspecified atom stereocenters. The minimum atomic E-state index is -0.247. The molecule has 33 heavy (non-hydrogen) atoms. The summed E-state index contributed by atoms with van der Waals surface area (Å²) in [6.07, 6.45) is 3.62. The molecule has 0 spiro atoms. The van der Waals surface area contributed by atoms with Crippen LogP contribution in [0.4, 0.5) is 15.9 Å². The van der Waals surface area contributed by atoms with Gasteiger partial charge < -0.3 is 14.9 Å². The van der Waals surface area contributed by atoms with Crippen molar-refractivity contribution in [2.45, 2.75) is 33.1 Å². The Labute approximate surface area is 193 Å². The van der Waals surface area contributed by atoms with E-state index in [-0.39, 0.29) is 18.3 Å². The molecule has 6 nitrogen and oxygen atoms in total. The minimum Gasteiger partial charge on any atom is -0.395 e. The van der Waals surface area contributed by atoms with Crippen molar-refractivity contribution >= 4 is 17.4 Å². The molecule has 1 N–H and O–H groups in total. The molecule has 0 aliphatic carbocycles. The number of hydrogen-bond acceptors (Lipinski definition) is 5. The summed E-state index contributed by atoms with van der Waals surface area (Å²) in [6.45, 7) is 5.49. The van der Waals surface area contributed by atoms with Gasteiger partial charge in [0.05, 0.1) is 12.3 Å². The molecule has 0 saturated heterocycles. The minimum absolute atomic E-state index is 0.0468. The third-order valence-electron chi connectivity index (χ3n) is 5.88. The predicted octanol–water partition coefficient (Wildman–Crippen LogP) is 4.05. The monoisotopic (exact) mass is 448 g/mol. The number of anilines is 2. The van der Waals surface area contributed by atoms with Gasteiger partial charge in [0.2, 0.25) is 0 Å². The van der Waals surface area contributed by atoms with Gasteiger partial charge in [-0.05, 0) is 60.7 Å². The maximum absolute atomic E-state index is 13.8. The molecule has 1 aromatic heterocycles. The van der Waals surface area contributed by atoms with E-state index in [2.05, 4.69) is 14.9 Å². The van der Waals surface area contributed by atoms with Crippen molar-refractivity contribution in [2.75, 3.05) is 31.1 Å². The third-order valence-corrected chi connectivity index (χ3v) is 5.88. The first-order valence-corrected chi connectivity index (χ1v) is 11.4. The summed E-state index contributed by atoms with van der Waals surface area (Å²) >= 11 is 0. The number of carbonyl (C=O) groups excluding carboxylic acids is 1. The van der Waals surface area contributed by atoms with Crippen LogP contribution < -0.4 is 4.90 Å². The van der Waals surface area contributed by atoms with Crippen LogP contribution in [0.15, 0.2) is 48.8 Å². The summed E-state index contributed by atoms with van der Waals surface area (Å²) in [5.74, 6) is 0.468. The number of nitrogens with zero attached hydrogens (tertiary/aromatic N) is 4. The zero-order valence-corrected chi connectivity index (χ0v) is 19.1. The molecule has 0 fully saturated rings. The van der Waals surface area contributed by atoms with E-state index in [0.717, 1.165) is 46.7 Å². The van der Waals surface area contributed by atoms with Crippen molar-refractivity contribution in [1.29, 1.82) is 0 Å². The Kier molecular flexibility index (Phi) is 6.99. The van der Waals surface area contributed by atoms with Crippen molar-refractivity contribution in [3.63, 3.8) is 0 Å². The van der Waals surface area contributed by atoms with Crippen LogP contribution in [0.3, 0.4) is 0 Å². The van der Waals surface area contributed by atoms with Crippen LogP contribution in [-0.2, 0) is 12.8 Å². The number of fused-ring (bicyclic) bond motifs is 1. The number of aliphatic hydroxyl groups is 1. The Hall–Kier alpha value is -3.32. The molecular formula is C26H29FN4O2. The molecular weight excluding hydrogens is 419 g/mol. The quantitative estimate of drug-likeness (QED) is 0.563. The summed E-state index contributed by atoms with van der Waals surface area (Å²) in [6, 6.07) is 12.7. The zero-order chi connectivity index (χ0) is 23.4. The first-order chi connectivity index (χ1) is 16.0. The van der Waals surface area contributed by atoms with Gasteiger partial charge in [0.1, 0.15) is 18.0 Å². The largest absolute Gasteiger partial charge is 0.395 e. The first-order valence-electron chi connectivity index (χ1n) is 11.4. The zero-order valence-electron chi connectivity index (χ0n) is 19.1. The Balaban J connectivity index is 1.60. The number of aliphatic hydroxyl groups excluding tert-OH is 1. The van der Waals surface area contributed by atoms with Gasteiger partial charge in [-0.15, -0.1) is 0 Å². The van der Waals surface area contributed by atoms with E-state index in [0.29, 0.717) is 31.6 Å². The SMILES string of the molecule is CCCN(CCO)C(=O)c1cccc2c1CCN2c1cc(Cc2cc(C)cc(F)c2)ncn1. The highest BCUT2D eigenvalue weighted by Crippen LogP contribution is 2.36. The number of rotatable bonds is 8. The van der Waals surface area contributed by atoms with Crippen molar-refractivity contribution in [3.8, 4) is 0 Å². The van der Waals surface area contributed by atoms with Gasteiger partial charge in [-0.1, -0.05) is 19.1 Å². The maximum Gasteiger partial charge on any atom is 0.254 e. The lowest BCUT2D eigenvalue weighted by Gasteiger charge is -2.23. The lowest BCUT2D eigenvalue weighted by molar-refractivity contribution is 0.0721. The molecule has 0 radical (unpaired) electrons. The highest BCUT2D eigenvalue weighted by molar-refractivity contribution is 5.98. The van der Waals surface area contributed by atoms with Crippen molar-refractivity contribution < 1.29 is 14.3 Å². The lowest BCUT2D eigenvalue weighted by atomic mass is 10.0. The number of aromatic nitrogens is 2. The average Bonchev–Trinajstić information content (AvgIpc) is 3.22. The van der Waals surface area contributed by atoms with Gasteiger partial charge in [0.25, 0.3) is 5.91 Å². The van der Waals surface area contributed by atoms with E-state index in [4.69, 9.17) is 0 Å². The van der Waals surface area contributed by atoms with Crippen molar-refractivity contribution in [1.82, 2.24) is 14.9 Å². The second-order valence-corrected chi connectivity index (χ2v) is 8.40. The van der Waals surface area contributed by atoms with E-state index < -0.39 is 0 Å². The van der Waals surface area contributed by atoms with Crippen molar-refractivity contribution in [3.05, 3.63) is 82.6 Å². The first kappa shape index (κ1) is 22.9. The number of carbonyl (C=O) groups is 1. The highest BCUT2D eigenvalue weighted by Gasteiger charge is 2.28. The summed E-state index contributed by atoms with van der Waals surface area (Å²) in [4.78, 5) is 25.9. The van der Waals surface area contributed by atoms with Crippen molar-refractivity contribution in [2.24, 2.45) is 0 Å². The summed E-state index contributed by atoms with van der Waals surface area (Å²) < 4.78 is 13.8. The van der Waals surface area contributed by atoms with Crippen LogP contribution in [0.1, 0.15) is 46.1 Å². The van der Waals surface area contributed by atoms with E-state index in [1.165, 1.54) is 18.5 Å². The Morgan fingerprint density at radius 3 is 2.79 bits per heavy atom. The fourth-order valence-electron chi connectivity index (χ4n) is 4.50.